The maximum absolute atomic E-state index is 13.4. The Bertz CT molecular complexity index is 2050. The molecule has 2 atom stereocenters. The van der Waals surface area contributed by atoms with Crippen molar-refractivity contribution < 1.29 is 19.1 Å². The largest absolute Gasteiger partial charge is 0.378 e. The second-order valence-electron chi connectivity index (χ2n) is 15.4. The van der Waals surface area contributed by atoms with Gasteiger partial charge in [0.15, 0.2) is 0 Å². The highest BCUT2D eigenvalue weighted by molar-refractivity contribution is 8.76. The molecule has 12 nitrogen and oxygen atoms in total. The van der Waals surface area contributed by atoms with Gasteiger partial charge in [0.1, 0.15) is 13.1 Å². The van der Waals surface area contributed by atoms with Gasteiger partial charge >= 0.3 is 0 Å². The van der Waals surface area contributed by atoms with E-state index in [-0.39, 0.29) is 24.9 Å². The molecule has 60 heavy (non-hydrogen) atoms. The van der Waals surface area contributed by atoms with E-state index in [0.29, 0.717) is 26.3 Å². The zero-order valence-electron chi connectivity index (χ0n) is 34.8. The number of nitrogens with one attached hydrogen (secondary N) is 2. The summed E-state index contributed by atoms with van der Waals surface area (Å²) in [4.78, 5) is 39.7. The second kappa shape index (κ2) is 18.1. The van der Waals surface area contributed by atoms with Crippen molar-refractivity contribution in [2.45, 2.75) is 11.7 Å². The zero-order chi connectivity index (χ0) is 41.7. The third-order valence-corrected chi connectivity index (χ3v) is 13.6. The van der Waals surface area contributed by atoms with Crippen LogP contribution in [0.2, 0.25) is 0 Å². The van der Waals surface area contributed by atoms with Gasteiger partial charge in [-0.15, -0.1) is 0 Å². The Hall–Kier alpha value is -5.28. The third kappa shape index (κ3) is 8.38. The van der Waals surface area contributed by atoms with Crippen molar-refractivity contribution in [2.75, 3.05) is 122 Å². The Balaban J connectivity index is 0.805. The number of nitrogens with zero attached hydrogens (tertiary/aromatic N) is 6. The first-order chi connectivity index (χ1) is 29.2. The molecule has 4 aliphatic rings. The van der Waals surface area contributed by atoms with Gasteiger partial charge in [0.2, 0.25) is 23.5 Å². The number of carbonyl (C=O) groups excluding carboxylic acids is 2. The molecule has 2 N–H and O–H groups in total. The van der Waals surface area contributed by atoms with E-state index in [1.807, 2.05) is 52.5 Å². The molecule has 314 valence electrons. The van der Waals surface area contributed by atoms with Crippen molar-refractivity contribution in [3.63, 3.8) is 0 Å². The summed E-state index contributed by atoms with van der Waals surface area (Å²) in [7, 11) is 11.5. The number of ether oxygens (including phenoxy) is 2. The number of fused-ring (bicyclic) bond motifs is 6. The van der Waals surface area contributed by atoms with E-state index >= 15 is 0 Å². The van der Waals surface area contributed by atoms with Crippen LogP contribution in [0.15, 0.2) is 109 Å². The van der Waals surface area contributed by atoms with Gasteiger partial charge in [-0.1, -0.05) is 82.3 Å². The zero-order valence-corrected chi connectivity index (χ0v) is 36.4. The fraction of sp³-hybridized carbons (Fsp3) is 0.348. The van der Waals surface area contributed by atoms with Gasteiger partial charge < -0.3 is 49.5 Å². The van der Waals surface area contributed by atoms with Crippen LogP contribution in [0, 0.1) is 0 Å². The minimum Gasteiger partial charge on any atom is -0.378 e. The van der Waals surface area contributed by atoms with Crippen LogP contribution in [0.4, 0.5) is 34.1 Å². The number of rotatable bonds is 17. The number of anilines is 6. The van der Waals surface area contributed by atoms with Crippen LogP contribution >= 0.6 is 21.6 Å². The summed E-state index contributed by atoms with van der Waals surface area (Å²) in [5, 5.41) is 6.24. The molecule has 0 aromatic heterocycles. The molecule has 0 aliphatic carbocycles. The van der Waals surface area contributed by atoms with E-state index in [9.17, 15) is 9.59 Å². The Morgan fingerprint density at radius 3 is 1.37 bits per heavy atom. The molecule has 4 heterocycles. The fourth-order valence-corrected chi connectivity index (χ4v) is 10.1. The number of para-hydroxylation sites is 4. The van der Waals surface area contributed by atoms with Gasteiger partial charge in [-0.25, -0.2) is 0 Å². The first kappa shape index (κ1) is 41.5. The maximum atomic E-state index is 13.4. The van der Waals surface area contributed by atoms with Crippen molar-refractivity contribution in [3.8, 4) is 0 Å². The van der Waals surface area contributed by atoms with Crippen LogP contribution in [0.5, 0.6) is 0 Å². The Morgan fingerprint density at radius 1 is 0.600 bits per heavy atom. The molecule has 0 spiro atoms. The van der Waals surface area contributed by atoms with Gasteiger partial charge in [-0.05, 0) is 71.8 Å². The van der Waals surface area contributed by atoms with Crippen LogP contribution in [0.1, 0.15) is 11.1 Å². The number of hydrogen-bond acceptors (Lipinski definition) is 12. The predicted molar refractivity (Wildman–Crippen MR) is 250 cm³/mol. The Labute approximate surface area is 361 Å². The SMILES string of the molecule is CN(C)c1ccc(/C=C/C23OCCN2c2ccccc2N3CC(=O)NCCSSCCNC(=O)CN2c3ccccc3N3CCOC32/C=C/c2ccc(N(C)C)cc2)cc1. The minimum atomic E-state index is -0.881. The summed E-state index contributed by atoms with van der Waals surface area (Å²) in [6.45, 7) is 3.98. The topological polar surface area (TPSA) is 96.1 Å². The number of benzene rings is 4. The van der Waals surface area contributed by atoms with E-state index in [1.165, 1.54) is 0 Å². The lowest BCUT2D eigenvalue weighted by Crippen LogP contribution is -2.56. The predicted octanol–water partition coefficient (Wildman–Crippen LogP) is 6.18. The summed E-state index contributed by atoms with van der Waals surface area (Å²) in [5.74, 6) is -0.413. The van der Waals surface area contributed by atoms with E-state index in [4.69, 9.17) is 9.47 Å². The van der Waals surface area contributed by atoms with Crippen LogP contribution in [0.3, 0.4) is 0 Å². The van der Waals surface area contributed by atoms with E-state index in [2.05, 4.69) is 137 Å². The molecule has 2 amide bonds. The van der Waals surface area contributed by atoms with Crippen LogP contribution in [-0.2, 0) is 19.1 Å². The molecule has 4 aromatic rings. The van der Waals surface area contributed by atoms with Crippen molar-refractivity contribution in [2.24, 2.45) is 0 Å². The normalized spacial score (nSPS) is 20.1. The van der Waals surface area contributed by atoms with Crippen LogP contribution < -0.4 is 40.0 Å². The molecule has 2 fully saturated rings. The van der Waals surface area contributed by atoms with Gasteiger partial charge in [0.25, 0.3) is 0 Å². The van der Waals surface area contributed by atoms with E-state index in [0.717, 1.165) is 69.8 Å². The van der Waals surface area contributed by atoms with Crippen LogP contribution in [-0.4, -0.2) is 116 Å². The molecule has 14 heteroatoms. The summed E-state index contributed by atoms with van der Waals surface area (Å²) < 4.78 is 13.0. The summed E-state index contributed by atoms with van der Waals surface area (Å²) in [6.07, 6.45) is 8.31. The maximum Gasteiger partial charge on any atom is 0.243 e. The van der Waals surface area contributed by atoms with Crippen molar-refractivity contribution in [1.82, 2.24) is 10.6 Å². The number of amides is 2. The second-order valence-corrected chi connectivity index (χ2v) is 18.2. The summed E-state index contributed by atoms with van der Waals surface area (Å²) in [6, 6.07) is 33.1. The molecule has 0 radical (unpaired) electrons. The highest BCUT2D eigenvalue weighted by Gasteiger charge is 2.54. The molecule has 8 rings (SSSR count). The molecular weight excluding hydrogens is 793 g/mol. The highest BCUT2D eigenvalue weighted by Crippen LogP contribution is 2.50. The average Bonchev–Trinajstić information content (AvgIpc) is 4.00. The molecular formula is C46H54N8O4S2. The lowest BCUT2D eigenvalue weighted by atomic mass is 10.1. The lowest BCUT2D eigenvalue weighted by molar-refractivity contribution is -0.121. The van der Waals surface area contributed by atoms with Crippen LogP contribution in [0.25, 0.3) is 12.2 Å². The molecule has 4 aliphatic heterocycles. The first-order valence-corrected chi connectivity index (χ1v) is 22.9. The Morgan fingerprint density at radius 2 is 0.983 bits per heavy atom. The van der Waals surface area contributed by atoms with E-state index < -0.39 is 11.7 Å². The Kier molecular flexibility index (Phi) is 12.5. The standard InChI is InChI=1S/C46H54N8O4S2/c1-49(2)37-17-13-35(14-18-37)21-23-45-51(27-29-57-45)39-9-5-7-11-41(39)53(45)33-43(55)47-25-31-59-60-32-26-48-44(56)34-54-42-12-8-6-10-40(42)52-28-30-58-46(52,54)24-22-36-15-19-38(20-16-36)50(3)4/h5-24H,25-34H2,1-4H3,(H,47,55)(H,48,56)/b23-21+,24-22+. The molecule has 0 saturated carbocycles. The summed E-state index contributed by atoms with van der Waals surface area (Å²) >= 11 is 0. The molecule has 2 unspecified atom stereocenters. The smallest absolute Gasteiger partial charge is 0.243 e. The molecule has 0 bridgehead atoms. The summed E-state index contributed by atoms with van der Waals surface area (Å²) in [5.41, 5.74) is 8.47. The fourth-order valence-electron chi connectivity index (χ4n) is 8.28. The van der Waals surface area contributed by atoms with Gasteiger partial charge in [0, 0.05) is 77.3 Å². The van der Waals surface area contributed by atoms with Gasteiger partial charge in [0.05, 0.1) is 36.0 Å². The van der Waals surface area contributed by atoms with Crippen molar-refractivity contribution in [3.05, 3.63) is 120 Å². The first-order valence-electron chi connectivity index (χ1n) is 20.5. The number of hydrogen-bond donors (Lipinski definition) is 2. The van der Waals surface area contributed by atoms with Gasteiger partial charge in [-0.3, -0.25) is 9.59 Å². The quantitative estimate of drug-likeness (QED) is 0.0940. The molecule has 2 saturated heterocycles. The highest BCUT2D eigenvalue weighted by atomic mass is 33.1. The van der Waals surface area contributed by atoms with E-state index in [1.54, 1.807) is 21.6 Å². The third-order valence-electron chi connectivity index (χ3n) is 11.2. The lowest BCUT2D eigenvalue weighted by Gasteiger charge is -2.37. The minimum absolute atomic E-state index is 0.0636. The average molecular weight is 847 g/mol. The number of carbonyl (C=O) groups is 2. The molecule has 4 aromatic carbocycles. The van der Waals surface area contributed by atoms with Crippen molar-refractivity contribution >= 4 is 79.7 Å². The monoisotopic (exact) mass is 846 g/mol. The van der Waals surface area contributed by atoms with Crippen molar-refractivity contribution in [1.29, 1.82) is 0 Å². The van der Waals surface area contributed by atoms with Gasteiger partial charge in [-0.2, -0.15) is 0 Å².